The molecule has 0 saturated heterocycles. The Bertz CT molecular complexity index is 699. The summed E-state index contributed by atoms with van der Waals surface area (Å²) in [5, 5.41) is 0. The van der Waals surface area contributed by atoms with Gasteiger partial charge in [0.15, 0.2) is 0 Å². The zero-order valence-electron chi connectivity index (χ0n) is 11.5. The summed E-state index contributed by atoms with van der Waals surface area (Å²) in [6, 6.07) is 11.6. The lowest BCUT2D eigenvalue weighted by Crippen LogP contribution is -2.13. The standard InChI is InChI=1S/C15H16FNO3S/c1-2-11-20-12-7-9-13(10-8-12)21(18,19)17-15-6-4-3-5-14(15)16/h3-10,17H,2,11H2,1H3. The van der Waals surface area contributed by atoms with Gasteiger partial charge in [-0.3, -0.25) is 4.72 Å². The Morgan fingerprint density at radius 1 is 1.10 bits per heavy atom. The highest BCUT2D eigenvalue weighted by atomic mass is 32.2. The molecule has 112 valence electrons. The van der Waals surface area contributed by atoms with Crippen LogP contribution in [0.25, 0.3) is 0 Å². The van der Waals surface area contributed by atoms with Crippen molar-refractivity contribution in [1.29, 1.82) is 0 Å². The first-order chi connectivity index (χ1) is 10.0. The Balaban J connectivity index is 2.18. The van der Waals surface area contributed by atoms with E-state index < -0.39 is 15.8 Å². The van der Waals surface area contributed by atoms with Crippen LogP contribution >= 0.6 is 0 Å². The highest BCUT2D eigenvalue weighted by Crippen LogP contribution is 2.21. The van der Waals surface area contributed by atoms with Gasteiger partial charge in [0.05, 0.1) is 17.2 Å². The molecule has 6 heteroatoms. The number of sulfonamides is 1. The van der Waals surface area contributed by atoms with Crippen molar-refractivity contribution in [2.75, 3.05) is 11.3 Å². The summed E-state index contributed by atoms with van der Waals surface area (Å²) >= 11 is 0. The van der Waals surface area contributed by atoms with E-state index in [1.54, 1.807) is 18.2 Å². The molecular formula is C15H16FNO3S. The van der Waals surface area contributed by atoms with Crippen molar-refractivity contribution in [3.8, 4) is 5.75 Å². The fraction of sp³-hybridized carbons (Fsp3) is 0.200. The molecule has 1 N–H and O–H groups in total. The third kappa shape index (κ3) is 3.95. The Kier molecular flexibility index (Phi) is 4.80. The Labute approximate surface area is 123 Å². The van der Waals surface area contributed by atoms with Crippen LogP contribution in [-0.2, 0) is 10.0 Å². The topological polar surface area (TPSA) is 55.4 Å². The lowest BCUT2D eigenvalue weighted by Gasteiger charge is -2.10. The lowest BCUT2D eigenvalue weighted by atomic mass is 10.3. The number of hydrogen-bond acceptors (Lipinski definition) is 3. The lowest BCUT2D eigenvalue weighted by molar-refractivity contribution is 0.317. The summed E-state index contributed by atoms with van der Waals surface area (Å²) in [6.07, 6.45) is 0.870. The maximum Gasteiger partial charge on any atom is 0.261 e. The van der Waals surface area contributed by atoms with Gasteiger partial charge in [0, 0.05) is 0 Å². The molecule has 0 aliphatic carbocycles. The van der Waals surface area contributed by atoms with E-state index in [4.69, 9.17) is 4.74 Å². The van der Waals surface area contributed by atoms with E-state index in [-0.39, 0.29) is 10.6 Å². The number of para-hydroxylation sites is 1. The molecule has 0 fully saturated rings. The number of nitrogens with one attached hydrogen (secondary N) is 1. The van der Waals surface area contributed by atoms with Crippen LogP contribution in [0.5, 0.6) is 5.75 Å². The SMILES string of the molecule is CCCOc1ccc(S(=O)(=O)Nc2ccccc2F)cc1. The number of ether oxygens (including phenoxy) is 1. The van der Waals surface area contributed by atoms with Gasteiger partial charge in [0.1, 0.15) is 11.6 Å². The van der Waals surface area contributed by atoms with E-state index in [2.05, 4.69) is 4.72 Å². The first kappa shape index (κ1) is 15.3. The molecule has 4 nitrogen and oxygen atoms in total. The molecule has 0 atom stereocenters. The monoisotopic (exact) mass is 309 g/mol. The van der Waals surface area contributed by atoms with Crippen LogP contribution in [0.3, 0.4) is 0 Å². The van der Waals surface area contributed by atoms with Gasteiger partial charge in [0.2, 0.25) is 0 Å². The fourth-order valence-electron chi connectivity index (χ4n) is 1.68. The Morgan fingerprint density at radius 3 is 2.38 bits per heavy atom. The third-order valence-electron chi connectivity index (χ3n) is 2.73. The first-order valence-electron chi connectivity index (χ1n) is 6.53. The minimum Gasteiger partial charge on any atom is -0.494 e. The van der Waals surface area contributed by atoms with Gasteiger partial charge in [-0.05, 0) is 42.8 Å². The maximum absolute atomic E-state index is 13.5. The summed E-state index contributed by atoms with van der Waals surface area (Å²) in [4.78, 5) is 0.0506. The van der Waals surface area contributed by atoms with Crippen LogP contribution in [0.4, 0.5) is 10.1 Å². The average molecular weight is 309 g/mol. The summed E-state index contributed by atoms with van der Waals surface area (Å²) in [5.74, 6) is -0.0225. The van der Waals surface area contributed by atoms with E-state index in [0.29, 0.717) is 12.4 Å². The van der Waals surface area contributed by atoms with Crippen LogP contribution in [0.2, 0.25) is 0 Å². The van der Waals surface area contributed by atoms with Crippen molar-refractivity contribution in [3.63, 3.8) is 0 Å². The molecular weight excluding hydrogens is 293 g/mol. The summed E-state index contributed by atoms with van der Waals surface area (Å²) in [5.41, 5.74) is -0.0798. The molecule has 0 amide bonds. The van der Waals surface area contributed by atoms with E-state index >= 15 is 0 Å². The van der Waals surface area contributed by atoms with Crippen LogP contribution in [-0.4, -0.2) is 15.0 Å². The third-order valence-corrected chi connectivity index (χ3v) is 4.11. The second kappa shape index (κ2) is 6.58. The summed E-state index contributed by atoms with van der Waals surface area (Å²) < 4.78 is 45.4. The number of benzene rings is 2. The van der Waals surface area contributed by atoms with Crippen LogP contribution in [0.1, 0.15) is 13.3 Å². The molecule has 0 aliphatic rings. The highest BCUT2D eigenvalue weighted by molar-refractivity contribution is 7.92. The highest BCUT2D eigenvalue weighted by Gasteiger charge is 2.15. The number of rotatable bonds is 6. The van der Waals surface area contributed by atoms with Crippen molar-refractivity contribution in [3.05, 3.63) is 54.3 Å². The first-order valence-corrected chi connectivity index (χ1v) is 8.01. The van der Waals surface area contributed by atoms with E-state index in [1.165, 1.54) is 30.3 Å². The van der Waals surface area contributed by atoms with Crippen molar-refractivity contribution in [1.82, 2.24) is 0 Å². The molecule has 0 radical (unpaired) electrons. The molecule has 2 aromatic rings. The van der Waals surface area contributed by atoms with Gasteiger partial charge in [-0.25, -0.2) is 12.8 Å². The van der Waals surface area contributed by atoms with Gasteiger partial charge >= 0.3 is 0 Å². The van der Waals surface area contributed by atoms with E-state index in [0.717, 1.165) is 6.42 Å². The summed E-state index contributed by atoms with van der Waals surface area (Å²) in [6.45, 7) is 2.55. The molecule has 21 heavy (non-hydrogen) atoms. The molecule has 2 aromatic carbocycles. The predicted octanol–water partition coefficient (Wildman–Crippen LogP) is 3.42. The maximum atomic E-state index is 13.5. The van der Waals surface area contributed by atoms with Crippen molar-refractivity contribution in [2.24, 2.45) is 0 Å². The van der Waals surface area contributed by atoms with Crippen molar-refractivity contribution in [2.45, 2.75) is 18.2 Å². The van der Waals surface area contributed by atoms with E-state index in [9.17, 15) is 12.8 Å². The fourth-order valence-corrected chi connectivity index (χ4v) is 2.75. The molecule has 0 spiro atoms. The molecule has 0 unspecified atom stereocenters. The smallest absolute Gasteiger partial charge is 0.261 e. The number of halogens is 1. The number of hydrogen-bond donors (Lipinski definition) is 1. The zero-order valence-corrected chi connectivity index (χ0v) is 12.4. The van der Waals surface area contributed by atoms with Gasteiger partial charge in [-0.15, -0.1) is 0 Å². The van der Waals surface area contributed by atoms with Crippen molar-refractivity contribution < 1.29 is 17.5 Å². The average Bonchev–Trinajstić information content (AvgIpc) is 2.48. The van der Waals surface area contributed by atoms with Gasteiger partial charge in [0.25, 0.3) is 10.0 Å². The molecule has 0 saturated carbocycles. The zero-order chi connectivity index (χ0) is 15.3. The minimum atomic E-state index is -3.82. The molecule has 0 heterocycles. The van der Waals surface area contributed by atoms with Crippen molar-refractivity contribution >= 4 is 15.7 Å². The van der Waals surface area contributed by atoms with Crippen LogP contribution < -0.4 is 9.46 Å². The Morgan fingerprint density at radius 2 is 1.76 bits per heavy atom. The van der Waals surface area contributed by atoms with E-state index in [1.807, 2.05) is 6.92 Å². The van der Waals surface area contributed by atoms with Gasteiger partial charge in [-0.1, -0.05) is 19.1 Å². The Hall–Kier alpha value is -2.08. The number of anilines is 1. The molecule has 0 aromatic heterocycles. The second-order valence-corrected chi connectivity index (χ2v) is 6.09. The molecule has 2 rings (SSSR count). The van der Waals surface area contributed by atoms with Crippen LogP contribution in [0.15, 0.2) is 53.4 Å². The van der Waals surface area contributed by atoms with Gasteiger partial charge < -0.3 is 4.74 Å². The quantitative estimate of drug-likeness (QED) is 0.889. The second-order valence-electron chi connectivity index (χ2n) is 4.41. The predicted molar refractivity (Wildman–Crippen MR) is 79.4 cm³/mol. The summed E-state index contributed by atoms with van der Waals surface area (Å²) in [7, 11) is -3.82. The van der Waals surface area contributed by atoms with Gasteiger partial charge in [-0.2, -0.15) is 0 Å². The largest absolute Gasteiger partial charge is 0.494 e. The molecule has 0 bridgehead atoms. The normalized spacial score (nSPS) is 11.1. The van der Waals surface area contributed by atoms with Crippen LogP contribution in [0, 0.1) is 5.82 Å². The molecule has 0 aliphatic heterocycles. The minimum absolute atomic E-state index is 0.0506.